The van der Waals surface area contributed by atoms with Gasteiger partial charge in [0.2, 0.25) is 0 Å². The molecule has 3 heterocycles. The molecule has 7 heteroatoms. The van der Waals surface area contributed by atoms with Crippen molar-refractivity contribution in [2.24, 2.45) is 0 Å². The molecule has 2 unspecified atom stereocenters. The van der Waals surface area contributed by atoms with Gasteiger partial charge in [-0.15, -0.1) is 0 Å². The Balaban J connectivity index is 1.63. The highest BCUT2D eigenvalue weighted by molar-refractivity contribution is 6.46. The molecule has 0 bridgehead atoms. The monoisotopic (exact) mass is 460 g/mol. The first-order chi connectivity index (χ1) is 16.3. The second-order valence-electron chi connectivity index (χ2n) is 9.16. The third-order valence-corrected chi connectivity index (χ3v) is 6.41. The van der Waals surface area contributed by atoms with Crippen molar-refractivity contribution in [2.75, 3.05) is 13.2 Å². The lowest BCUT2D eigenvalue weighted by molar-refractivity contribution is -0.140. The number of amides is 1. The van der Waals surface area contributed by atoms with Crippen LogP contribution in [-0.2, 0) is 20.7 Å². The number of para-hydroxylation sites is 1. The molecular weight excluding hydrogens is 432 g/mol. The molecule has 2 aliphatic heterocycles. The number of aromatic nitrogens is 1. The number of rotatable bonds is 6. The van der Waals surface area contributed by atoms with Gasteiger partial charge in [0, 0.05) is 41.2 Å². The predicted octanol–water partition coefficient (Wildman–Crippen LogP) is 4.34. The molecule has 7 nitrogen and oxygen atoms in total. The van der Waals surface area contributed by atoms with Crippen molar-refractivity contribution < 1.29 is 24.2 Å². The largest absolute Gasteiger partial charge is 0.507 e. The van der Waals surface area contributed by atoms with Crippen LogP contribution in [0.25, 0.3) is 16.7 Å². The first-order valence-corrected chi connectivity index (χ1v) is 11.6. The molecule has 2 aromatic carbocycles. The van der Waals surface area contributed by atoms with Gasteiger partial charge in [-0.2, -0.15) is 0 Å². The molecule has 1 saturated heterocycles. The zero-order chi connectivity index (χ0) is 24.0. The van der Waals surface area contributed by atoms with Gasteiger partial charge >= 0.3 is 0 Å². The van der Waals surface area contributed by atoms with Crippen LogP contribution < -0.4 is 4.74 Å². The van der Waals surface area contributed by atoms with Crippen LogP contribution in [0.1, 0.15) is 43.5 Å². The molecular formula is C27H28N2O5. The highest BCUT2D eigenvalue weighted by Crippen LogP contribution is 2.42. The lowest BCUT2D eigenvalue weighted by Crippen LogP contribution is -2.33. The number of fused-ring (bicyclic) bond motifs is 2. The number of Topliss-reactive ketones (excluding diaryl/α,β-unsaturated/α-hetero) is 1. The second kappa shape index (κ2) is 8.65. The van der Waals surface area contributed by atoms with E-state index in [0.717, 1.165) is 34.2 Å². The average Bonchev–Trinajstić information content (AvgIpc) is 3.47. The molecule has 1 fully saturated rings. The van der Waals surface area contributed by atoms with Crippen LogP contribution in [0.3, 0.4) is 0 Å². The number of ketones is 1. The Morgan fingerprint density at radius 2 is 2.03 bits per heavy atom. The first-order valence-electron chi connectivity index (χ1n) is 11.6. The number of carbonyl (C=O) groups is 2. The van der Waals surface area contributed by atoms with Crippen molar-refractivity contribution in [2.45, 2.75) is 45.4 Å². The Bertz CT molecular complexity index is 1310. The number of likely N-dealkylation sites (tertiary alicyclic amines) is 1. The SMILES string of the molecule is CC(C)OCCN1C(=O)C(=O)/C(=C(/O)c2ccc3c(c2)CC(C)O3)C1c1c[nH]c2ccccc12. The Kier molecular flexibility index (Phi) is 5.65. The van der Waals surface area contributed by atoms with E-state index in [1.165, 1.54) is 4.90 Å². The highest BCUT2D eigenvalue weighted by atomic mass is 16.5. The van der Waals surface area contributed by atoms with E-state index in [1.807, 2.05) is 57.3 Å². The fraction of sp³-hybridized carbons (Fsp3) is 0.333. The summed E-state index contributed by atoms with van der Waals surface area (Å²) in [5.74, 6) is -0.725. The number of H-pyrrole nitrogens is 1. The van der Waals surface area contributed by atoms with Crippen LogP contribution in [0.2, 0.25) is 0 Å². The number of nitrogens with zero attached hydrogens (tertiary/aromatic N) is 1. The van der Waals surface area contributed by atoms with Crippen LogP contribution >= 0.6 is 0 Å². The summed E-state index contributed by atoms with van der Waals surface area (Å²) in [5.41, 5.74) is 3.22. The molecule has 2 N–H and O–H groups in total. The van der Waals surface area contributed by atoms with Crippen LogP contribution in [0.4, 0.5) is 0 Å². The van der Waals surface area contributed by atoms with E-state index in [9.17, 15) is 14.7 Å². The van der Waals surface area contributed by atoms with E-state index >= 15 is 0 Å². The normalized spacial score (nSPS) is 21.5. The zero-order valence-corrected chi connectivity index (χ0v) is 19.5. The van der Waals surface area contributed by atoms with Crippen molar-refractivity contribution in [3.8, 4) is 5.75 Å². The summed E-state index contributed by atoms with van der Waals surface area (Å²) in [6, 6.07) is 12.4. The third-order valence-electron chi connectivity index (χ3n) is 6.41. The molecule has 2 aliphatic rings. The van der Waals surface area contributed by atoms with Gasteiger partial charge in [0.25, 0.3) is 11.7 Å². The summed E-state index contributed by atoms with van der Waals surface area (Å²) < 4.78 is 11.4. The lowest BCUT2D eigenvalue weighted by atomic mass is 9.94. The maximum absolute atomic E-state index is 13.3. The van der Waals surface area contributed by atoms with Gasteiger partial charge in [-0.3, -0.25) is 9.59 Å². The Labute approximate surface area is 198 Å². The van der Waals surface area contributed by atoms with Crippen molar-refractivity contribution in [3.05, 3.63) is 70.9 Å². The lowest BCUT2D eigenvalue weighted by Gasteiger charge is -2.25. The van der Waals surface area contributed by atoms with Gasteiger partial charge in [-0.25, -0.2) is 0 Å². The fourth-order valence-electron chi connectivity index (χ4n) is 4.87. The van der Waals surface area contributed by atoms with Crippen molar-refractivity contribution in [3.63, 3.8) is 0 Å². The van der Waals surface area contributed by atoms with E-state index < -0.39 is 17.7 Å². The third kappa shape index (κ3) is 3.76. The zero-order valence-electron chi connectivity index (χ0n) is 19.5. The van der Waals surface area contributed by atoms with Gasteiger partial charge in [0.05, 0.1) is 24.3 Å². The van der Waals surface area contributed by atoms with Crippen LogP contribution in [-0.4, -0.2) is 52.0 Å². The molecule has 1 amide bonds. The van der Waals surface area contributed by atoms with Crippen LogP contribution in [0.15, 0.2) is 54.2 Å². The van der Waals surface area contributed by atoms with E-state index in [1.54, 1.807) is 12.1 Å². The van der Waals surface area contributed by atoms with E-state index in [-0.39, 0.29) is 36.7 Å². The number of hydrogen-bond acceptors (Lipinski definition) is 5. The Morgan fingerprint density at radius 3 is 2.82 bits per heavy atom. The van der Waals surface area contributed by atoms with Crippen LogP contribution in [0, 0.1) is 0 Å². The number of aliphatic hydroxyl groups excluding tert-OH is 1. The van der Waals surface area contributed by atoms with Crippen LogP contribution in [0.5, 0.6) is 5.75 Å². The Hall–Kier alpha value is -3.58. The van der Waals surface area contributed by atoms with Gasteiger partial charge in [-0.1, -0.05) is 18.2 Å². The maximum atomic E-state index is 13.3. The van der Waals surface area contributed by atoms with E-state index in [0.29, 0.717) is 5.56 Å². The van der Waals surface area contributed by atoms with Gasteiger partial charge in [0.1, 0.15) is 17.6 Å². The summed E-state index contributed by atoms with van der Waals surface area (Å²) in [7, 11) is 0. The van der Waals surface area contributed by atoms with Crippen molar-refractivity contribution in [1.82, 2.24) is 9.88 Å². The number of nitrogens with one attached hydrogen (secondary N) is 1. The Morgan fingerprint density at radius 1 is 1.24 bits per heavy atom. The molecule has 1 aromatic heterocycles. The van der Waals surface area contributed by atoms with Gasteiger partial charge in [0.15, 0.2) is 0 Å². The van der Waals surface area contributed by atoms with Crippen molar-refractivity contribution in [1.29, 1.82) is 0 Å². The molecule has 0 aliphatic carbocycles. The summed E-state index contributed by atoms with van der Waals surface area (Å²) >= 11 is 0. The van der Waals surface area contributed by atoms with Gasteiger partial charge < -0.3 is 24.5 Å². The maximum Gasteiger partial charge on any atom is 0.295 e. The van der Waals surface area contributed by atoms with Crippen molar-refractivity contribution >= 4 is 28.4 Å². The number of hydrogen-bond donors (Lipinski definition) is 2. The minimum atomic E-state index is -0.727. The number of carbonyl (C=O) groups excluding carboxylic acids is 2. The molecule has 3 aromatic rings. The molecule has 0 radical (unpaired) electrons. The predicted molar refractivity (Wildman–Crippen MR) is 129 cm³/mol. The summed E-state index contributed by atoms with van der Waals surface area (Å²) in [6.07, 6.45) is 2.59. The van der Waals surface area contributed by atoms with E-state index in [4.69, 9.17) is 9.47 Å². The topological polar surface area (TPSA) is 91.9 Å². The van der Waals surface area contributed by atoms with E-state index in [2.05, 4.69) is 4.98 Å². The number of ether oxygens (including phenoxy) is 2. The minimum absolute atomic E-state index is 0.000569. The molecule has 176 valence electrons. The summed E-state index contributed by atoms with van der Waals surface area (Å²) in [5, 5.41) is 12.3. The second-order valence-corrected chi connectivity index (χ2v) is 9.16. The quantitative estimate of drug-likeness (QED) is 0.324. The number of aromatic amines is 1. The summed E-state index contributed by atoms with van der Waals surface area (Å²) in [6.45, 7) is 6.35. The molecule has 0 spiro atoms. The molecule has 34 heavy (non-hydrogen) atoms. The van der Waals surface area contributed by atoms with Gasteiger partial charge in [-0.05, 0) is 50.6 Å². The fourth-order valence-corrected chi connectivity index (χ4v) is 4.87. The molecule has 0 saturated carbocycles. The highest BCUT2D eigenvalue weighted by Gasteiger charge is 2.46. The number of aliphatic hydroxyl groups is 1. The first kappa shape index (κ1) is 22.2. The standard InChI is InChI=1S/C27H28N2O5/c1-15(2)33-11-10-29-24(20-14-28-21-7-5-4-6-19(20)21)23(26(31)27(29)32)25(30)17-8-9-22-18(13-17)12-16(3)34-22/h4-9,13-16,24,28,30H,10-12H2,1-3H3/b25-23+. The molecule has 5 rings (SSSR count). The smallest absolute Gasteiger partial charge is 0.295 e. The minimum Gasteiger partial charge on any atom is -0.507 e. The average molecular weight is 461 g/mol. The molecule has 2 atom stereocenters. The summed E-state index contributed by atoms with van der Waals surface area (Å²) in [4.78, 5) is 31.1. The number of benzene rings is 2.